The molecule has 0 saturated heterocycles. The first kappa shape index (κ1) is 13.6. The molecule has 5 heteroatoms. The van der Waals surface area contributed by atoms with Gasteiger partial charge in [0.05, 0.1) is 5.69 Å². The Kier molecular flexibility index (Phi) is 3.83. The molecule has 0 aliphatic carbocycles. The summed E-state index contributed by atoms with van der Waals surface area (Å²) in [6.07, 6.45) is 3.61. The zero-order valence-corrected chi connectivity index (χ0v) is 11.8. The molecular weight excluding hydrogens is 266 g/mol. The highest BCUT2D eigenvalue weighted by atomic mass is 16.5. The van der Waals surface area contributed by atoms with Gasteiger partial charge in [0, 0.05) is 25.0 Å². The normalized spacial score (nSPS) is 14.8. The van der Waals surface area contributed by atoms with Gasteiger partial charge in [-0.25, -0.2) is 0 Å². The fraction of sp³-hybridized carbons (Fsp3) is 0.250. The van der Waals surface area contributed by atoms with E-state index in [-0.39, 0.29) is 18.6 Å². The van der Waals surface area contributed by atoms with Gasteiger partial charge in [-0.1, -0.05) is 12.1 Å². The molecule has 21 heavy (non-hydrogen) atoms. The highest BCUT2D eigenvalue weighted by Crippen LogP contribution is 2.30. The minimum absolute atomic E-state index is 0.0845. The van der Waals surface area contributed by atoms with Gasteiger partial charge in [0.15, 0.2) is 6.61 Å². The van der Waals surface area contributed by atoms with E-state index < -0.39 is 0 Å². The van der Waals surface area contributed by atoms with Crippen LogP contribution in [0.2, 0.25) is 0 Å². The Morgan fingerprint density at radius 3 is 3.14 bits per heavy atom. The molecule has 2 aromatic rings. The molecule has 1 aromatic heterocycles. The second-order valence-corrected chi connectivity index (χ2v) is 5.06. The summed E-state index contributed by atoms with van der Waals surface area (Å²) in [5, 5.41) is 6.27. The van der Waals surface area contributed by atoms with E-state index in [1.54, 1.807) is 6.20 Å². The number of pyridine rings is 1. The maximum Gasteiger partial charge on any atom is 0.262 e. The van der Waals surface area contributed by atoms with E-state index in [9.17, 15) is 4.79 Å². The minimum atomic E-state index is -0.115. The molecule has 0 bridgehead atoms. The van der Waals surface area contributed by atoms with Crippen molar-refractivity contribution in [2.24, 2.45) is 0 Å². The zero-order chi connectivity index (χ0) is 14.7. The average Bonchev–Trinajstić information content (AvgIpc) is 2.53. The fourth-order valence-electron chi connectivity index (χ4n) is 2.26. The van der Waals surface area contributed by atoms with Crippen LogP contribution < -0.4 is 15.4 Å². The number of amides is 1. The second-order valence-electron chi connectivity index (χ2n) is 5.06. The lowest BCUT2D eigenvalue weighted by molar-refractivity contribution is -0.118. The molecule has 1 amide bonds. The van der Waals surface area contributed by atoms with Crippen molar-refractivity contribution in [1.29, 1.82) is 0 Å². The predicted molar refractivity (Wildman–Crippen MR) is 80.1 cm³/mol. The Balaban J connectivity index is 1.69. The molecule has 3 rings (SSSR count). The van der Waals surface area contributed by atoms with E-state index in [2.05, 4.69) is 22.5 Å². The van der Waals surface area contributed by atoms with Crippen LogP contribution in [-0.4, -0.2) is 17.5 Å². The second kappa shape index (κ2) is 5.93. The molecule has 108 valence electrons. The topological polar surface area (TPSA) is 63.2 Å². The maximum absolute atomic E-state index is 11.4. The van der Waals surface area contributed by atoms with Crippen LogP contribution in [-0.2, 0) is 11.3 Å². The summed E-state index contributed by atoms with van der Waals surface area (Å²) < 4.78 is 5.36. The Morgan fingerprint density at radius 2 is 2.33 bits per heavy atom. The Bertz CT molecular complexity index is 643. The standard InChI is InChI=1S/C16H17N3O2/c1-11(18-9-12-3-2-6-17-8-12)13-4-5-15-14(7-13)19-16(20)10-21-15/h2-8,11,18H,9-10H2,1H3,(H,19,20). The van der Waals surface area contributed by atoms with Gasteiger partial charge in [0.2, 0.25) is 0 Å². The molecule has 2 N–H and O–H groups in total. The van der Waals surface area contributed by atoms with Crippen molar-refractivity contribution in [3.05, 3.63) is 53.9 Å². The van der Waals surface area contributed by atoms with E-state index in [4.69, 9.17) is 4.74 Å². The lowest BCUT2D eigenvalue weighted by Crippen LogP contribution is -2.26. The first-order valence-corrected chi connectivity index (χ1v) is 6.91. The van der Waals surface area contributed by atoms with Crippen molar-refractivity contribution in [1.82, 2.24) is 10.3 Å². The van der Waals surface area contributed by atoms with E-state index in [1.165, 1.54) is 0 Å². The van der Waals surface area contributed by atoms with Gasteiger partial charge >= 0.3 is 0 Å². The molecule has 0 spiro atoms. The number of fused-ring (bicyclic) bond motifs is 1. The summed E-state index contributed by atoms with van der Waals surface area (Å²) in [5.41, 5.74) is 2.97. The van der Waals surface area contributed by atoms with E-state index >= 15 is 0 Å². The lowest BCUT2D eigenvalue weighted by Gasteiger charge is -2.21. The van der Waals surface area contributed by atoms with Crippen LogP contribution in [0.4, 0.5) is 5.69 Å². The van der Waals surface area contributed by atoms with Crippen molar-refractivity contribution in [2.75, 3.05) is 11.9 Å². The number of nitrogens with one attached hydrogen (secondary N) is 2. The number of carbonyl (C=O) groups excluding carboxylic acids is 1. The van der Waals surface area contributed by atoms with Gasteiger partial charge in [0.1, 0.15) is 5.75 Å². The molecule has 5 nitrogen and oxygen atoms in total. The summed E-state index contributed by atoms with van der Waals surface area (Å²) in [6.45, 7) is 2.92. The van der Waals surface area contributed by atoms with Gasteiger partial charge in [-0.15, -0.1) is 0 Å². The van der Waals surface area contributed by atoms with Crippen molar-refractivity contribution in [2.45, 2.75) is 19.5 Å². The summed E-state index contributed by atoms with van der Waals surface area (Å²) in [7, 11) is 0. The van der Waals surface area contributed by atoms with Crippen LogP contribution >= 0.6 is 0 Å². The first-order chi connectivity index (χ1) is 10.2. The summed E-state index contributed by atoms with van der Waals surface area (Å²) in [4.78, 5) is 15.5. The maximum atomic E-state index is 11.4. The summed E-state index contributed by atoms with van der Waals surface area (Å²) >= 11 is 0. The Labute approximate surface area is 123 Å². The minimum Gasteiger partial charge on any atom is -0.482 e. The number of hydrogen-bond donors (Lipinski definition) is 2. The quantitative estimate of drug-likeness (QED) is 0.903. The van der Waals surface area contributed by atoms with Crippen molar-refractivity contribution in [3.63, 3.8) is 0 Å². The third-order valence-corrected chi connectivity index (χ3v) is 3.47. The summed E-state index contributed by atoms with van der Waals surface area (Å²) in [5.74, 6) is 0.605. The number of ether oxygens (including phenoxy) is 1. The lowest BCUT2D eigenvalue weighted by atomic mass is 10.1. The van der Waals surface area contributed by atoms with Crippen LogP contribution in [0.15, 0.2) is 42.7 Å². The smallest absolute Gasteiger partial charge is 0.262 e. The number of benzene rings is 1. The van der Waals surface area contributed by atoms with Gasteiger partial charge < -0.3 is 15.4 Å². The Morgan fingerprint density at radius 1 is 1.43 bits per heavy atom. The molecule has 2 heterocycles. The SMILES string of the molecule is CC(NCc1cccnc1)c1ccc2c(c1)NC(=O)CO2. The molecule has 1 aliphatic rings. The molecule has 0 radical (unpaired) electrons. The third-order valence-electron chi connectivity index (χ3n) is 3.47. The molecule has 0 saturated carbocycles. The van der Waals surface area contributed by atoms with Crippen LogP contribution in [0.5, 0.6) is 5.75 Å². The number of aromatic nitrogens is 1. The average molecular weight is 283 g/mol. The largest absolute Gasteiger partial charge is 0.482 e. The predicted octanol–water partition coefficient (Wildman–Crippen LogP) is 2.26. The van der Waals surface area contributed by atoms with E-state index in [0.717, 1.165) is 29.1 Å². The Hall–Kier alpha value is -2.40. The zero-order valence-electron chi connectivity index (χ0n) is 11.8. The third kappa shape index (κ3) is 3.20. The highest BCUT2D eigenvalue weighted by Gasteiger charge is 2.17. The van der Waals surface area contributed by atoms with Crippen LogP contribution in [0.1, 0.15) is 24.1 Å². The molecule has 0 fully saturated rings. The van der Waals surface area contributed by atoms with Crippen molar-refractivity contribution >= 4 is 11.6 Å². The van der Waals surface area contributed by atoms with Crippen molar-refractivity contribution in [3.8, 4) is 5.75 Å². The summed E-state index contributed by atoms with van der Waals surface area (Å²) in [6, 6.07) is 9.98. The number of rotatable bonds is 4. The van der Waals surface area contributed by atoms with Crippen LogP contribution in [0.25, 0.3) is 0 Å². The monoisotopic (exact) mass is 283 g/mol. The van der Waals surface area contributed by atoms with Gasteiger partial charge in [-0.2, -0.15) is 0 Å². The van der Waals surface area contributed by atoms with E-state index in [0.29, 0.717) is 0 Å². The van der Waals surface area contributed by atoms with Crippen LogP contribution in [0.3, 0.4) is 0 Å². The fourth-order valence-corrected chi connectivity index (χ4v) is 2.26. The highest BCUT2D eigenvalue weighted by molar-refractivity contribution is 5.95. The van der Waals surface area contributed by atoms with Crippen LogP contribution in [0, 0.1) is 0 Å². The van der Waals surface area contributed by atoms with Gasteiger partial charge in [0.25, 0.3) is 5.91 Å². The molecule has 1 aliphatic heterocycles. The van der Waals surface area contributed by atoms with E-state index in [1.807, 2.05) is 36.5 Å². The number of nitrogens with zero attached hydrogens (tertiary/aromatic N) is 1. The number of carbonyl (C=O) groups is 1. The molecule has 1 unspecified atom stereocenters. The van der Waals surface area contributed by atoms with Gasteiger partial charge in [-0.3, -0.25) is 9.78 Å². The molecule has 1 atom stereocenters. The van der Waals surface area contributed by atoms with Gasteiger partial charge in [-0.05, 0) is 36.2 Å². The van der Waals surface area contributed by atoms with Crippen molar-refractivity contribution < 1.29 is 9.53 Å². The molecular formula is C16H17N3O2. The number of anilines is 1. The molecule has 1 aromatic carbocycles. The number of hydrogen-bond acceptors (Lipinski definition) is 4. The first-order valence-electron chi connectivity index (χ1n) is 6.91.